The Kier molecular flexibility index (Phi) is 34.1. The van der Waals surface area contributed by atoms with Crippen molar-refractivity contribution in [2.24, 2.45) is 0 Å². The fourth-order valence-electron chi connectivity index (χ4n) is 8.27. The predicted octanol–water partition coefficient (Wildman–Crippen LogP) is 16.4. The molecule has 538 valence electrons. The summed E-state index contributed by atoms with van der Waals surface area (Å²) in [5, 5.41) is 25.2. The lowest BCUT2D eigenvalue weighted by Gasteiger charge is -2.14. The number of rotatable bonds is 21. The zero-order chi connectivity index (χ0) is 75.1. The first-order valence-electron chi connectivity index (χ1n) is 29.5. The van der Waals surface area contributed by atoms with Gasteiger partial charge in [-0.3, -0.25) is 9.59 Å². The van der Waals surface area contributed by atoms with Crippen LogP contribution in [0.3, 0.4) is 0 Å². The molecule has 2 amide bonds. The molecule has 5 aromatic carbocycles. The van der Waals surface area contributed by atoms with Crippen molar-refractivity contribution in [1.29, 1.82) is 0 Å². The maximum absolute atomic E-state index is 13.0. The summed E-state index contributed by atoms with van der Waals surface area (Å²) in [6.45, 7) is 1.32. The van der Waals surface area contributed by atoms with Crippen molar-refractivity contribution in [3.05, 3.63) is 270 Å². The highest BCUT2D eigenvalue weighted by Gasteiger charge is 2.25. The summed E-state index contributed by atoms with van der Waals surface area (Å²) in [5.41, 5.74) is 4.43. The third-order valence-corrected chi connectivity index (χ3v) is 16.4. The number of amides is 2. The molecule has 0 saturated heterocycles. The molecule has 0 aliphatic heterocycles. The average Bonchev–Trinajstić information content (AvgIpc) is 0.841. The first kappa shape index (κ1) is 82.8. The van der Waals surface area contributed by atoms with E-state index < -0.39 is 29.7 Å². The van der Waals surface area contributed by atoms with E-state index in [-0.39, 0.29) is 88.5 Å². The molecule has 0 saturated carbocycles. The molecule has 5 heterocycles. The molecule has 0 aliphatic carbocycles. The number of carbonyl (C=O) groups excluding carboxylic acids is 5. The van der Waals surface area contributed by atoms with Gasteiger partial charge in [-0.15, -0.1) is 0 Å². The van der Waals surface area contributed by atoms with Crippen molar-refractivity contribution < 1.29 is 85.6 Å². The molecule has 0 fully saturated rings. The van der Waals surface area contributed by atoms with Gasteiger partial charge in [0.2, 0.25) is 0 Å². The van der Waals surface area contributed by atoms with E-state index in [1.54, 1.807) is 42.5 Å². The number of aromatic hydroxyl groups is 2. The molecule has 10 rings (SSSR count). The Morgan fingerprint density at radius 3 is 1.07 bits per heavy atom. The first-order valence-corrected chi connectivity index (χ1v) is 35.1. The van der Waals surface area contributed by atoms with Gasteiger partial charge < -0.3 is 63.5 Å². The van der Waals surface area contributed by atoms with Gasteiger partial charge in [0.05, 0.1) is 51.6 Å². The van der Waals surface area contributed by atoms with Gasteiger partial charge in [0.25, 0.3) is 11.8 Å². The molecule has 0 spiro atoms. The lowest BCUT2D eigenvalue weighted by atomic mass is 10.2. The zero-order valence-electron chi connectivity index (χ0n) is 54.9. The van der Waals surface area contributed by atoms with Crippen LogP contribution < -0.4 is 39.1 Å². The molecule has 103 heavy (non-hydrogen) atoms. The number of aromatic nitrogens is 5. The number of halogens is 9. The number of nitrogens with zero attached hydrogens (tertiary/aromatic N) is 5. The van der Waals surface area contributed by atoms with Crippen LogP contribution in [0, 0.1) is 11.6 Å². The van der Waals surface area contributed by atoms with E-state index in [1.807, 2.05) is 91.0 Å². The van der Waals surface area contributed by atoms with E-state index >= 15 is 0 Å². The maximum Gasteiger partial charge on any atom is 0.360 e. The average molecular weight is 1860 g/mol. The largest absolute Gasteiger partial charge is 0.504 e. The Hall–Kier alpha value is -9.18. The van der Waals surface area contributed by atoms with Crippen LogP contribution in [-0.2, 0) is 47.1 Å². The lowest BCUT2D eigenvalue weighted by Crippen LogP contribution is -2.24. The Labute approximate surface area is 648 Å². The van der Waals surface area contributed by atoms with Crippen LogP contribution in [0.2, 0.25) is 0 Å². The van der Waals surface area contributed by atoms with Crippen molar-refractivity contribution in [2.75, 3.05) is 42.7 Å². The van der Waals surface area contributed by atoms with Crippen molar-refractivity contribution in [3.8, 4) is 46.0 Å². The number of pyridine rings is 5. The number of ether oxygens (including phenoxy) is 9. The van der Waals surface area contributed by atoms with Crippen LogP contribution in [-0.4, -0.2) is 108 Å². The Bertz CT molecular complexity index is 4510. The fourth-order valence-corrected chi connectivity index (χ4v) is 11.8. The first-order chi connectivity index (χ1) is 49.4. The van der Waals surface area contributed by atoms with Gasteiger partial charge in [-0.25, -0.2) is 48.1 Å². The van der Waals surface area contributed by atoms with E-state index in [9.17, 15) is 43.0 Å². The van der Waals surface area contributed by atoms with Gasteiger partial charge in [0.1, 0.15) is 54.5 Å². The summed E-state index contributed by atoms with van der Waals surface area (Å²) in [6, 6.07) is 48.5. The Morgan fingerprint density at radius 1 is 0.359 bits per heavy atom. The van der Waals surface area contributed by atoms with Gasteiger partial charge >= 0.3 is 17.9 Å². The second-order valence-corrected chi connectivity index (χ2v) is 25.9. The van der Waals surface area contributed by atoms with Crippen LogP contribution in [0.5, 0.6) is 46.0 Å². The van der Waals surface area contributed by atoms with Gasteiger partial charge in [0.15, 0.2) is 74.5 Å². The Balaban J connectivity index is 0.000000209. The summed E-state index contributed by atoms with van der Waals surface area (Å²) < 4.78 is 75.7. The van der Waals surface area contributed by atoms with Crippen molar-refractivity contribution in [1.82, 2.24) is 35.6 Å². The van der Waals surface area contributed by atoms with E-state index in [0.29, 0.717) is 62.4 Å². The molecule has 0 aliphatic rings. The zero-order valence-corrected chi connectivity index (χ0v) is 66.1. The molecule has 4 N–H and O–H groups in total. The van der Waals surface area contributed by atoms with Crippen LogP contribution in [0.15, 0.2) is 202 Å². The van der Waals surface area contributed by atoms with Crippen LogP contribution in [0.1, 0.15) is 80.3 Å². The van der Waals surface area contributed by atoms with Crippen LogP contribution in [0.25, 0.3) is 0 Å². The summed E-state index contributed by atoms with van der Waals surface area (Å²) in [4.78, 5) is 79.2. The molecular formula is C71H60Br7F2N7O16. The smallest absolute Gasteiger partial charge is 0.360 e. The third kappa shape index (κ3) is 25.9. The van der Waals surface area contributed by atoms with E-state index in [2.05, 4.69) is 157 Å². The number of hydrogen-bond donors (Lipinski definition) is 4. The van der Waals surface area contributed by atoms with E-state index in [4.69, 9.17) is 33.2 Å². The minimum atomic E-state index is -0.681. The summed E-state index contributed by atoms with van der Waals surface area (Å²) in [7, 11) is 8.16. The number of hydrogen-bond acceptors (Lipinski definition) is 21. The summed E-state index contributed by atoms with van der Waals surface area (Å²) >= 11 is 22.3. The highest BCUT2D eigenvalue weighted by Crippen LogP contribution is 2.37. The lowest BCUT2D eigenvalue weighted by molar-refractivity contribution is 0.0580. The maximum atomic E-state index is 13.0. The molecule has 0 unspecified atom stereocenters. The van der Waals surface area contributed by atoms with E-state index in [0.717, 1.165) is 27.8 Å². The second-order valence-electron chi connectivity index (χ2n) is 20.1. The number of nitrogens with one attached hydrogen (secondary N) is 2. The van der Waals surface area contributed by atoms with Gasteiger partial charge in [-0.1, -0.05) is 115 Å². The minimum absolute atomic E-state index is 0.0671. The molecule has 0 atom stereocenters. The van der Waals surface area contributed by atoms with Crippen molar-refractivity contribution in [3.63, 3.8) is 0 Å². The molecule has 23 nitrogen and oxygen atoms in total. The van der Waals surface area contributed by atoms with Crippen molar-refractivity contribution in [2.45, 2.75) is 32.9 Å². The SMILES string of the molecule is COC(=O)c1nc(Br)cc(Br)c1O.COC(=O)c1nc(Br)cc(Br)c1OC.COC(=O)c1nc(Br)cc(OCc2ccccc2)c1OC.COc1c(OCc2ccccc2)cc(Br)nc1C(=O)NCc1ccc(F)cc1.O=C(NCc1ccc(F)cc1)c1nc(Br)cc(OCc2ccccc2)c1O. The predicted molar refractivity (Wildman–Crippen MR) is 400 cm³/mol. The fraction of sp³-hybridized carbons (Fsp3) is 0.155. The molecule has 5 aromatic heterocycles. The van der Waals surface area contributed by atoms with Crippen LogP contribution in [0.4, 0.5) is 8.78 Å². The quantitative estimate of drug-likeness (QED) is 0.0295. The second kappa shape index (κ2) is 42.4. The van der Waals surface area contributed by atoms with Gasteiger partial charge in [-0.05, 0) is 176 Å². The normalized spacial score (nSPS) is 10.2. The standard InChI is InChI=1S/C21H18BrFN2O3.C20H16BrFN2O3.C15H14BrNO4.C8H7Br2NO3.C7H5Br2NO3/c1-27-20-17(28-13-15-5-3-2-4-6-15)11-18(22)25-19(20)21(26)24-12-14-7-9-16(23)10-8-14;21-17-10-16(27-12-14-4-2-1-3-5-14)19(25)18(24-17)20(26)23-11-13-6-8-15(22)9-7-13;1-19-14-11(21-9-10-6-4-3-5-7-10)8-12(16)17-13(14)15(18)20-2;1-13-7-4(9)3-5(10)11-6(7)8(12)14-2;1-13-7(12)5-6(11)3(8)2-4(9)10-5/h2-11H,12-13H2,1H3,(H,24,26);1-10,25H,11-12H2,(H,23,26);3-8H,9H2,1-2H3;3H,1-2H3;2,11H,1H3. The number of esters is 3. The molecule has 10 aromatic rings. The Morgan fingerprint density at radius 2 is 0.670 bits per heavy atom. The van der Waals surface area contributed by atoms with Crippen molar-refractivity contribution >= 4 is 141 Å². The molecule has 0 bridgehead atoms. The van der Waals surface area contributed by atoms with E-state index in [1.165, 1.54) is 79.1 Å². The topological polar surface area (TPSA) is 297 Å². The van der Waals surface area contributed by atoms with Gasteiger partial charge in [-0.2, -0.15) is 0 Å². The highest BCUT2D eigenvalue weighted by atomic mass is 79.9. The summed E-state index contributed by atoms with van der Waals surface area (Å²) in [6.07, 6.45) is 0. The molecule has 32 heteroatoms. The third-order valence-electron chi connectivity index (χ3n) is 13.2. The minimum Gasteiger partial charge on any atom is -0.504 e. The highest BCUT2D eigenvalue weighted by molar-refractivity contribution is 9.11. The number of methoxy groups -OCH3 is 6. The number of carbonyl (C=O) groups is 5. The van der Waals surface area contributed by atoms with Gasteiger partial charge in [0, 0.05) is 31.3 Å². The monoisotopic (exact) mass is 1860 g/mol. The summed E-state index contributed by atoms with van der Waals surface area (Å²) in [5.74, 6) is -2.22. The molecular weight excluding hydrogens is 1800 g/mol. The molecule has 0 radical (unpaired) electrons. The number of benzene rings is 5. The van der Waals surface area contributed by atoms with Crippen LogP contribution >= 0.6 is 112 Å².